The van der Waals surface area contributed by atoms with Crippen molar-refractivity contribution < 1.29 is 9.18 Å². The van der Waals surface area contributed by atoms with Crippen LogP contribution in [0.3, 0.4) is 0 Å². The Morgan fingerprint density at radius 1 is 0.800 bits per heavy atom. The number of hydrogen-bond acceptors (Lipinski definition) is 4. The van der Waals surface area contributed by atoms with Crippen molar-refractivity contribution in [2.45, 2.75) is 12.3 Å². The third-order valence-corrected chi connectivity index (χ3v) is 6.53. The largest absolute Gasteiger partial charge is 0.353 e. The molecule has 1 fully saturated rings. The highest BCUT2D eigenvalue weighted by Crippen LogP contribution is 2.29. The third kappa shape index (κ3) is 5.38. The van der Waals surface area contributed by atoms with Gasteiger partial charge in [-0.2, -0.15) is 0 Å². The van der Waals surface area contributed by atoms with Crippen LogP contribution in [0.15, 0.2) is 97.3 Å². The van der Waals surface area contributed by atoms with E-state index in [0.717, 1.165) is 28.2 Å². The SMILES string of the molecule is O=C(CC(c1ccccc1)c1ccccc1)N1CCN(c2cc(-c3ccc(F)cc3)ncn2)CC1. The molecule has 0 spiro atoms. The van der Waals surface area contributed by atoms with Crippen molar-refractivity contribution in [1.82, 2.24) is 14.9 Å². The molecule has 0 radical (unpaired) electrons. The van der Waals surface area contributed by atoms with Crippen LogP contribution >= 0.6 is 0 Å². The van der Waals surface area contributed by atoms with Gasteiger partial charge in [-0.25, -0.2) is 14.4 Å². The summed E-state index contributed by atoms with van der Waals surface area (Å²) >= 11 is 0. The second kappa shape index (κ2) is 10.5. The number of aromatic nitrogens is 2. The zero-order valence-electron chi connectivity index (χ0n) is 19.4. The molecule has 1 aromatic heterocycles. The molecule has 0 N–H and O–H groups in total. The van der Waals surface area contributed by atoms with E-state index in [2.05, 4.69) is 39.1 Å². The molecule has 35 heavy (non-hydrogen) atoms. The van der Waals surface area contributed by atoms with Gasteiger partial charge in [-0.15, -0.1) is 0 Å². The van der Waals surface area contributed by atoms with Crippen LogP contribution < -0.4 is 4.90 Å². The minimum atomic E-state index is -0.273. The van der Waals surface area contributed by atoms with E-state index in [-0.39, 0.29) is 17.6 Å². The number of carbonyl (C=O) groups is 1. The molecule has 0 saturated carbocycles. The standard InChI is InChI=1S/C29H27FN4O/c30-25-13-11-24(12-14-25)27-20-28(32-21-31-27)33-15-17-34(18-16-33)29(35)19-26(22-7-3-1-4-8-22)23-9-5-2-6-10-23/h1-14,20-21,26H,15-19H2. The van der Waals surface area contributed by atoms with Crippen LogP contribution in [0.2, 0.25) is 0 Å². The summed E-state index contributed by atoms with van der Waals surface area (Å²) in [6.45, 7) is 2.69. The molecule has 5 nitrogen and oxygen atoms in total. The average Bonchev–Trinajstić information content (AvgIpc) is 2.93. The van der Waals surface area contributed by atoms with Gasteiger partial charge in [0.1, 0.15) is 18.0 Å². The van der Waals surface area contributed by atoms with Crippen molar-refractivity contribution >= 4 is 11.7 Å². The van der Waals surface area contributed by atoms with Crippen molar-refractivity contribution in [3.63, 3.8) is 0 Å². The number of piperazine rings is 1. The van der Waals surface area contributed by atoms with Gasteiger partial charge < -0.3 is 9.80 Å². The van der Waals surface area contributed by atoms with E-state index in [1.807, 2.05) is 47.4 Å². The highest BCUT2D eigenvalue weighted by Gasteiger charge is 2.26. The second-order valence-corrected chi connectivity index (χ2v) is 8.71. The number of hydrogen-bond donors (Lipinski definition) is 0. The smallest absolute Gasteiger partial charge is 0.223 e. The lowest BCUT2D eigenvalue weighted by molar-refractivity contribution is -0.131. The molecule has 1 aliphatic heterocycles. The Morgan fingerprint density at radius 3 is 2.00 bits per heavy atom. The molecule has 1 aliphatic rings. The van der Waals surface area contributed by atoms with E-state index in [1.54, 1.807) is 12.1 Å². The lowest BCUT2D eigenvalue weighted by Gasteiger charge is -2.36. The van der Waals surface area contributed by atoms with E-state index >= 15 is 0 Å². The van der Waals surface area contributed by atoms with Crippen molar-refractivity contribution in [3.8, 4) is 11.3 Å². The highest BCUT2D eigenvalue weighted by atomic mass is 19.1. The van der Waals surface area contributed by atoms with E-state index < -0.39 is 0 Å². The van der Waals surface area contributed by atoms with Crippen molar-refractivity contribution in [2.24, 2.45) is 0 Å². The van der Waals surface area contributed by atoms with Gasteiger partial charge in [0.2, 0.25) is 5.91 Å². The van der Waals surface area contributed by atoms with Crippen LogP contribution in [0.5, 0.6) is 0 Å². The molecule has 0 bridgehead atoms. The number of halogens is 1. The van der Waals surface area contributed by atoms with Gasteiger partial charge in [-0.1, -0.05) is 60.7 Å². The van der Waals surface area contributed by atoms with E-state index in [0.29, 0.717) is 32.6 Å². The Morgan fingerprint density at radius 2 is 1.40 bits per heavy atom. The molecule has 176 valence electrons. The molecule has 6 heteroatoms. The Kier molecular flexibility index (Phi) is 6.80. The molecule has 0 atom stereocenters. The van der Waals surface area contributed by atoms with Crippen LogP contribution in [0.25, 0.3) is 11.3 Å². The normalized spacial score (nSPS) is 13.8. The molecule has 3 aromatic carbocycles. The number of nitrogens with zero attached hydrogens (tertiary/aromatic N) is 4. The summed E-state index contributed by atoms with van der Waals surface area (Å²) in [5.74, 6) is 0.739. The zero-order chi connectivity index (χ0) is 24.0. The predicted octanol–water partition coefficient (Wildman–Crippen LogP) is 5.15. The Labute approximate surface area is 204 Å². The predicted molar refractivity (Wildman–Crippen MR) is 136 cm³/mol. The number of amides is 1. The number of carbonyl (C=O) groups excluding carboxylic acids is 1. The minimum Gasteiger partial charge on any atom is -0.353 e. The van der Waals surface area contributed by atoms with Gasteiger partial charge in [0, 0.05) is 50.1 Å². The zero-order valence-corrected chi connectivity index (χ0v) is 19.4. The summed E-state index contributed by atoms with van der Waals surface area (Å²) in [6.07, 6.45) is 1.98. The monoisotopic (exact) mass is 466 g/mol. The third-order valence-electron chi connectivity index (χ3n) is 6.53. The van der Waals surface area contributed by atoms with Crippen molar-refractivity contribution in [3.05, 3.63) is 114 Å². The summed E-state index contributed by atoms with van der Waals surface area (Å²) < 4.78 is 13.3. The minimum absolute atomic E-state index is 0.0306. The topological polar surface area (TPSA) is 49.3 Å². The van der Waals surface area contributed by atoms with Gasteiger partial charge in [0.25, 0.3) is 0 Å². The van der Waals surface area contributed by atoms with Crippen LogP contribution in [0.1, 0.15) is 23.5 Å². The van der Waals surface area contributed by atoms with Crippen LogP contribution in [0.4, 0.5) is 10.2 Å². The Balaban J connectivity index is 1.25. The fourth-order valence-electron chi connectivity index (χ4n) is 4.59. The Bertz CT molecular complexity index is 1220. The first-order valence-electron chi connectivity index (χ1n) is 11.9. The number of rotatable bonds is 6. The Hall–Kier alpha value is -4.06. The summed E-state index contributed by atoms with van der Waals surface area (Å²) in [5.41, 5.74) is 3.90. The molecular weight excluding hydrogens is 439 g/mol. The fourth-order valence-corrected chi connectivity index (χ4v) is 4.59. The van der Waals surface area contributed by atoms with E-state index in [4.69, 9.17) is 0 Å². The number of benzene rings is 3. The first kappa shape index (κ1) is 22.7. The molecule has 1 amide bonds. The molecule has 0 aliphatic carbocycles. The quantitative estimate of drug-likeness (QED) is 0.394. The van der Waals surface area contributed by atoms with Gasteiger partial charge >= 0.3 is 0 Å². The fraction of sp³-hybridized carbons (Fsp3) is 0.207. The summed E-state index contributed by atoms with van der Waals surface area (Å²) in [6, 6.07) is 28.7. The molecule has 5 rings (SSSR count). The van der Waals surface area contributed by atoms with Crippen molar-refractivity contribution in [2.75, 3.05) is 31.1 Å². The molecular formula is C29H27FN4O. The first-order valence-corrected chi connectivity index (χ1v) is 11.9. The van der Waals surface area contributed by atoms with Gasteiger partial charge in [0.15, 0.2) is 0 Å². The van der Waals surface area contributed by atoms with Gasteiger partial charge in [-0.05, 0) is 35.4 Å². The second-order valence-electron chi connectivity index (χ2n) is 8.71. The van der Waals surface area contributed by atoms with Crippen LogP contribution in [-0.4, -0.2) is 47.0 Å². The summed E-state index contributed by atoms with van der Waals surface area (Å²) in [5, 5.41) is 0. The molecule has 0 unspecified atom stereocenters. The lowest BCUT2D eigenvalue weighted by atomic mass is 9.88. The van der Waals surface area contributed by atoms with Gasteiger partial charge in [-0.3, -0.25) is 4.79 Å². The van der Waals surface area contributed by atoms with Crippen molar-refractivity contribution in [1.29, 1.82) is 0 Å². The van der Waals surface area contributed by atoms with Crippen LogP contribution in [0, 0.1) is 5.82 Å². The first-order chi connectivity index (χ1) is 17.2. The molecule has 1 saturated heterocycles. The molecule has 2 heterocycles. The lowest BCUT2D eigenvalue weighted by Crippen LogP contribution is -2.49. The molecule has 4 aromatic rings. The highest BCUT2D eigenvalue weighted by molar-refractivity contribution is 5.78. The van der Waals surface area contributed by atoms with Gasteiger partial charge in [0.05, 0.1) is 5.69 Å². The van der Waals surface area contributed by atoms with E-state index in [9.17, 15) is 9.18 Å². The maximum atomic E-state index is 13.3. The maximum Gasteiger partial charge on any atom is 0.223 e. The summed E-state index contributed by atoms with van der Waals surface area (Å²) in [4.78, 5) is 26.2. The maximum absolute atomic E-state index is 13.3. The van der Waals surface area contributed by atoms with Crippen LogP contribution in [-0.2, 0) is 4.79 Å². The average molecular weight is 467 g/mol. The van der Waals surface area contributed by atoms with E-state index in [1.165, 1.54) is 18.5 Å². The summed E-state index contributed by atoms with van der Waals surface area (Å²) in [7, 11) is 0. The number of anilines is 1.